The molecule has 0 saturated carbocycles. The molecule has 0 aliphatic rings. The highest BCUT2D eigenvalue weighted by atomic mass is 16.5. The number of pyridine rings is 1. The maximum absolute atomic E-state index is 12.7. The Balaban J connectivity index is 1.25. The summed E-state index contributed by atoms with van der Waals surface area (Å²) < 4.78 is 13.5. The van der Waals surface area contributed by atoms with E-state index in [4.69, 9.17) is 9.47 Å². The molecule has 0 aliphatic heterocycles. The quantitative estimate of drug-likeness (QED) is 0.360. The predicted molar refractivity (Wildman–Crippen MR) is 124 cm³/mol. The average Bonchev–Trinajstić information content (AvgIpc) is 3.25. The van der Waals surface area contributed by atoms with Crippen molar-refractivity contribution in [3.8, 4) is 11.5 Å². The minimum Gasteiger partial charge on any atom is -0.494 e. The molecule has 0 spiro atoms. The topological polar surface area (TPSA) is 56.1 Å². The van der Waals surface area contributed by atoms with Gasteiger partial charge in [-0.2, -0.15) is 0 Å². The van der Waals surface area contributed by atoms with Crippen LogP contribution in [0.2, 0.25) is 0 Å². The Labute approximate surface area is 188 Å². The predicted octanol–water partition coefficient (Wildman–Crippen LogP) is 4.76. The molecule has 2 aromatic carbocycles. The van der Waals surface area contributed by atoms with E-state index in [-0.39, 0.29) is 5.91 Å². The summed E-state index contributed by atoms with van der Waals surface area (Å²) in [5.41, 5.74) is 3.55. The highest BCUT2D eigenvalue weighted by Gasteiger charge is 2.12. The molecule has 0 unspecified atom stereocenters. The Bertz CT molecular complexity index is 1170. The van der Waals surface area contributed by atoms with E-state index in [1.54, 1.807) is 24.1 Å². The number of para-hydroxylation sites is 1. The number of rotatable bonds is 9. The Morgan fingerprint density at radius 1 is 0.969 bits per heavy atom. The van der Waals surface area contributed by atoms with Crippen molar-refractivity contribution in [1.82, 2.24) is 14.3 Å². The smallest absolute Gasteiger partial charge is 0.253 e. The third kappa shape index (κ3) is 5.27. The molecule has 0 aliphatic carbocycles. The molecule has 0 fully saturated rings. The second kappa shape index (κ2) is 10.0. The zero-order chi connectivity index (χ0) is 22.3. The molecular formula is C26H27N3O3. The van der Waals surface area contributed by atoms with Gasteiger partial charge in [0.15, 0.2) is 0 Å². The van der Waals surface area contributed by atoms with Crippen LogP contribution in [-0.2, 0) is 6.61 Å². The molecule has 0 saturated heterocycles. The average molecular weight is 430 g/mol. The Kier molecular flexibility index (Phi) is 6.70. The van der Waals surface area contributed by atoms with Gasteiger partial charge in [0.05, 0.1) is 12.3 Å². The molecule has 0 radical (unpaired) electrons. The molecule has 1 amide bonds. The van der Waals surface area contributed by atoms with Crippen molar-refractivity contribution in [2.24, 2.45) is 0 Å². The minimum atomic E-state index is -0.0212. The molecule has 4 rings (SSSR count). The Hall–Kier alpha value is -3.80. The number of fused-ring (bicyclic) bond motifs is 1. The van der Waals surface area contributed by atoms with Crippen LogP contribution in [0.25, 0.3) is 5.65 Å². The number of carbonyl (C=O) groups excluding carboxylic acids is 1. The van der Waals surface area contributed by atoms with Crippen LogP contribution in [-0.4, -0.2) is 40.4 Å². The van der Waals surface area contributed by atoms with Crippen molar-refractivity contribution in [2.75, 3.05) is 20.2 Å². The molecule has 32 heavy (non-hydrogen) atoms. The minimum absolute atomic E-state index is 0.0212. The number of hydrogen-bond acceptors (Lipinski definition) is 4. The van der Waals surface area contributed by atoms with E-state index >= 15 is 0 Å². The molecule has 2 aromatic heterocycles. The second-order valence-electron chi connectivity index (χ2n) is 7.71. The molecule has 6 heteroatoms. The van der Waals surface area contributed by atoms with Crippen LogP contribution >= 0.6 is 0 Å². The van der Waals surface area contributed by atoms with Gasteiger partial charge in [0.2, 0.25) is 0 Å². The zero-order valence-corrected chi connectivity index (χ0v) is 18.4. The summed E-state index contributed by atoms with van der Waals surface area (Å²) in [6, 6.07) is 21.0. The van der Waals surface area contributed by atoms with Crippen molar-refractivity contribution in [3.63, 3.8) is 0 Å². The van der Waals surface area contributed by atoms with E-state index < -0.39 is 0 Å². The van der Waals surface area contributed by atoms with E-state index in [2.05, 4.69) is 4.98 Å². The number of aryl methyl sites for hydroxylation is 1. The molecule has 0 N–H and O–H groups in total. The molecule has 0 atom stereocenters. The second-order valence-corrected chi connectivity index (χ2v) is 7.71. The van der Waals surface area contributed by atoms with Gasteiger partial charge in [-0.15, -0.1) is 0 Å². The SMILES string of the molecule is Cc1cccn2cc(COc3ccc(C(=O)N(C)CCCOc4ccccc4)cc3)nc12. The maximum atomic E-state index is 12.7. The summed E-state index contributed by atoms with van der Waals surface area (Å²) >= 11 is 0. The van der Waals surface area contributed by atoms with Crippen LogP contribution in [0.15, 0.2) is 79.1 Å². The number of hydrogen-bond donors (Lipinski definition) is 0. The summed E-state index contributed by atoms with van der Waals surface area (Å²) in [5.74, 6) is 1.53. The highest BCUT2D eigenvalue weighted by molar-refractivity contribution is 5.94. The first-order valence-corrected chi connectivity index (χ1v) is 10.7. The first-order chi connectivity index (χ1) is 15.6. The third-order valence-electron chi connectivity index (χ3n) is 5.21. The molecule has 2 heterocycles. The fourth-order valence-electron chi connectivity index (χ4n) is 3.46. The number of carbonyl (C=O) groups is 1. The van der Waals surface area contributed by atoms with E-state index in [1.807, 2.05) is 78.3 Å². The first-order valence-electron chi connectivity index (χ1n) is 10.7. The number of nitrogens with zero attached hydrogens (tertiary/aromatic N) is 3. The van der Waals surface area contributed by atoms with Gasteiger partial charge in [-0.05, 0) is 61.4 Å². The highest BCUT2D eigenvalue weighted by Crippen LogP contribution is 2.17. The lowest BCUT2D eigenvalue weighted by Crippen LogP contribution is -2.28. The summed E-state index contributed by atoms with van der Waals surface area (Å²) in [4.78, 5) is 19.0. The van der Waals surface area contributed by atoms with Crippen molar-refractivity contribution >= 4 is 11.6 Å². The van der Waals surface area contributed by atoms with Gasteiger partial charge in [0.1, 0.15) is 23.8 Å². The van der Waals surface area contributed by atoms with Crippen LogP contribution < -0.4 is 9.47 Å². The maximum Gasteiger partial charge on any atom is 0.253 e. The van der Waals surface area contributed by atoms with Gasteiger partial charge < -0.3 is 18.8 Å². The number of ether oxygens (including phenoxy) is 2. The van der Waals surface area contributed by atoms with Crippen molar-refractivity contribution in [3.05, 3.63) is 95.9 Å². The van der Waals surface area contributed by atoms with Gasteiger partial charge >= 0.3 is 0 Å². The largest absolute Gasteiger partial charge is 0.494 e. The van der Waals surface area contributed by atoms with Gasteiger partial charge in [-0.25, -0.2) is 4.98 Å². The lowest BCUT2D eigenvalue weighted by atomic mass is 10.2. The van der Waals surface area contributed by atoms with Gasteiger partial charge in [0.25, 0.3) is 5.91 Å². The number of aromatic nitrogens is 2. The fraction of sp³-hybridized carbons (Fsp3) is 0.231. The monoisotopic (exact) mass is 429 g/mol. The standard InChI is InChI=1S/C26H27N3O3/c1-20-8-6-16-29-18-22(27-25(20)29)19-32-24-13-11-21(12-14-24)26(30)28(2)15-7-17-31-23-9-4-3-5-10-23/h3-6,8-14,16,18H,7,15,17,19H2,1-2H3. The molecule has 4 aromatic rings. The first kappa shape index (κ1) is 21.4. The summed E-state index contributed by atoms with van der Waals surface area (Å²) in [6.07, 6.45) is 4.71. The number of amides is 1. The number of benzene rings is 2. The fourth-order valence-corrected chi connectivity index (χ4v) is 3.46. The Morgan fingerprint density at radius 2 is 1.72 bits per heavy atom. The van der Waals surface area contributed by atoms with Crippen LogP contribution in [0.4, 0.5) is 0 Å². The molecule has 0 bridgehead atoms. The Morgan fingerprint density at radius 3 is 2.47 bits per heavy atom. The van der Waals surface area contributed by atoms with Crippen LogP contribution in [0.5, 0.6) is 11.5 Å². The normalized spacial score (nSPS) is 10.8. The van der Waals surface area contributed by atoms with Gasteiger partial charge in [0, 0.05) is 31.5 Å². The van der Waals surface area contributed by atoms with E-state index in [0.717, 1.165) is 29.1 Å². The van der Waals surface area contributed by atoms with Crippen LogP contribution in [0.1, 0.15) is 28.0 Å². The molecule has 6 nitrogen and oxygen atoms in total. The molecular weight excluding hydrogens is 402 g/mol. The summed E-state index contributed by atoms with van der Waals surface area (Å²) in [5, 5.41) is 0. The summed E-state index contributed by atoms with van der Waals surface area (Å²) in [6.45, 7) is 3.60. The third-order valence-corrected chi connectivity index (χ3v) is 5.21. The van der Waals surface area contributed by atoms with Crippen LogP contribution in [0, 0.1) is 6.92 Å². The molecule has 164 valence electrons. The van der Waals surface area contributed by atoms with Gasteiger partial charge in [-0.3, -0.25) is 4.79 Å². The zero-order valence-electron chi connectivity index (χ0n) is 18.4. The summed E-state index contributed by atoms with van der Waals surface area (Å²) in [7, 11) is 1.81. The van der Waals surface area contributed by atoms with Crippen molar-refractivity contribution in [2.45, 2.75) is 20.0 Å². The van der Waals surface area contributed by atoms with Crippen molar-refractivity contribution < 1.29 is 14.3 Å². The van der Waals surface area contributed by atoms with E-state index in [0.29, 0.717) is 31.1 Å². The lowest BCUT2D eigenvalue weighted by molar-refractivity contribution is 0.0788. The van der Waals surface area contributed by atoms with Crippen LogP contribution in [0.3, 0.4) is 0 Å². The number of imidazole rings is 1. The van der Waals surface area contributed by atoms with Crippen molar-refractivity contribution in [1.29, 1.82) is 0 Å². The van der Waals surface area contributed by atoms with Gasteiger partial charge in [-0.1, -0.05) is 24.3 Å². The van der Waals surface area contributed by atoms with E-state index in [1.165, 1.54) is 0 Å². The van der Waals surface area contributed by atoms with E-state index in [9.17, 15) is 4.79 Å². The lowest BCUT2D eigenvalue weighted by Gasteiger charge is -2.17.